The van der Waals surface area contributed by atoms with Crippen molar-refractivity contribution in [1.82, 2.24) is 0 Å². The minimum absolute atomic E-state index is 0.171. The number of benzene rings is 6. The molecule has 0 radical (unpaired) electrons. The summed E-state index contributed by atoms with van der Waals surface area (Å²) in [7, 11) is 0. The van der Waals surface area contributed by atoms with Gasteiger partial charge in [0.15, 0.2) is 0 Å². The summed E-state index contributed by atoms with van der Waals surface area (Å²) in [6, 6.07) is 59.6. The summed E-state index contributed by atoms with van der Waals surface area (Å²) in [5.41, 5.74) is 11.1. The summed E-state index contributed by atoms with van der Waals surface area (Å²) in [6.45, 7) is 0.343. The van der Waals surface area contributed by atoms with Crippen molar-refractivity contribution in [3.8, 4) is 0 Å². The number of hydrogen-bond acceptors (Lipinski definition) is 3. The molecule has 0 aliphatic carbocycles. The number of allylic oxidation sites excluding steroid dienone is 2. The molecule has 3 nitrogen and oxygen atoms in total. The summed E-state index contributed by atoms with van der Waals surface area (Å²) >= 11 is 0. The van der Waals surface area contributed by atoms with Crippen LogP contribution in [0.3, 0.4) is 0 Å². The van der Waals surface area contributed by atoms with Gasteiger partial charge in [-0.25, -0.2) is 0 Å². The molecule has 0 bridgehead atoms. The van der Waals surface area contributed by atoms with E-state index in [1.165, 1.54) is 32.8 Å². The van der Waals surface area contributed by atoms with E-state index in [9.17, 15) is 0 Å². The molecule has 7 rings (SSSR count). The molecule has 1 aliphatic rings. The van der Waals surface area contributed by atoms with Crippen LogP contribution in [-0.4, -0.2) is 31.6 Å². The second-order valence-corrected chi connectivity index (χ2v) is 11.6. The average molecular weight is 601 g/mol. The van der Waals surface area contributed by atoms with Crippen LogP contribution in [0.5, 0.6) is 0 Å². The molecule has 222 valence electrons. The van der Waals surface area contributed by atoms with E-state index in [1.54, 1.807) is 0 Å². The highest BCUT2D eigenvalue weighted by molar-refractivity contribution is 6.96. The lowest BCUT2D eigenvalue weighted by atomic mass is 9.37. The fraction of sp³-hybridized carbons (Fsp3) is 0.0238. The van der Waals surface area contributed by atoms with Crippen molar-refractivity contribution in [1.29, 1.82) is 0 Å². The molecule has 0 saturated carbocycles. The standard InChI is InChI=1S/C42H33B2N3/c1-5-13-33(14-6-1)43(34-15-7-2-8-16-34)37-21-25-39(26-22-37)45-31-41-29-30-42(47-41)32-46-40-27-23-38(24-28-40)44(35-17-9-3-10-18-35)36-19-11-4-12-20-36/h1-29,31-32H,30H2. The van der Waals surface area contributed by atoms with Gasteiger partial charge in [-0.05, 0) is 24.3 Å². The van der Waals surface area contributed by atoms with Crippen LogP contribution < -0.4 is 32.8 Å². The Labute approximate surface area is 278 Å². The predicted octanol–water partition coefficient (Wildman–Crippen LogP) is 5.55. The maximum Gasteiger partial charge on any atom is 0.241 e. The monoisotopic (exact) mass is 601 g/mol. The van der Waals surface area contributed by atoms with Gasteiger partial charge in [0.1, 0.15) is 0 Å². The van der Waals surface area contributed by atoms with Crippen LogP contribution in [-0.2, 0) is 0 Å². The fourth-order valence-corrected chi connectivity index (χ4v) is 6.16. The summed E-state index contributed by atoms with van der Waals surface area (Å²) in [4.78, 5) is 14.2. The highest BCUT2D eigenvalue weighted by Crippen LogP contribution is 2.15. The van der Waals surface area contributed by atoms with Crippen LogP contribution in [0.25, 0.3) is 0 Å². The van der Waals surface area contributed by atoms with Crippen LogP contribution >= 0.6 is 0 Å². The molecule has 0 atom stereocenters. The Morgan fingerprint density at radius 2 is 0.745 bits per heavy atom. The van der Waals surface area contributed by atoms with E-state index in [1.807, 2.05) is 12.4 Å². The van der Waals surface area contributed by atoms with Gasteiger partial charge in [0.25, 0.3) is 0 Å². The van der Waals surface area contributed by atoms with Crippen molar-refractivity contribution in [2.24, 2.45) is 15.0 Å². The summed E-state index contributed by atoms with van der Waals surface area (Å²) in [5.74, 6) is 0. The quantitative estimate of drug-likeness (QED) is 0.146. The topological polar surface area (TPSA) is 37.1 Å². The molecule has 6 aromatic rings. The summed E-state index contributed by atoms with van der Waals surface area (Å²) < 4.78 is 0. The molecule has 1 aliphatic heterocycles. The van der Waals surface area contributed by atoms with Crippen LogP contribution in [0.15, 0.2) is 197 Å². The third-order valence-corrected chi connectivity index (χ3v) is 8.49. The third-order valence-electron chi connectivity index (χ3n) is 8.49. The molecule has 47 heavy (non-hydrogen) atoms. The number of aliphatic imine (C=N–C) groups is 3. The first-order chi connectivity index (χ1) is 23.3. The zero-order valence-corrected chi connectivity index (χ0v) is 26.1. The highest BCUT2D eigenvalue weighted by Gasteiger charge is 2.22. The van der Waals surface area contributed by atoms with Gasteiger partial charge in [0.2, 0.25) is 13.4 Å². The van der Waals surface area contributed by atoms with Crippen LogP contribution in [0.4, 0.5) is 11.4 Å². The van der Waals surface area contributed by atoms with Crippen molar-refractivity contribution in [2.75, 3.05) is 0 Å². The molecule has 0 saturated heterocycles. The minimum atomic E-state index is 0.171. The van der Waals surface area contributed by atoms with E-state index in [2.05, 4.69) is 176 Å². The first-order valence-electron chi connectivity index (χ1n) is 16.1. The van der Waals surface area contributed by atoms with Gasteiger partial charge < -0.3 is 0 Å². The second-order valence-electron chi connectivity index (χ2n) is 11.6. The Bertz CT molecular complexity index is 1940. The number of hydrogen-bond donors (Lipinski definition) is 0. The highest BCUT2D eigenvalue weighted by atomic mass is 14.8. The summed E-state index contributed by atoms with van der Waals surface area (Å²) in [6.07, 6.45) is 6.53. The maximum atomic E-state index is 4.75. The lowest BCUT2D eigenvalue weighted by molar-refractivity contribution is 1.48. The Hall–Kier alpha value is -5.80. The van der Waals surface area contributed by atoms with Crippen LogP contribution in [0.2, 0.25) is 0 Å². The van der Waals surface area contributed by atoms with E-state index >= 15 is 0 Å². The fourth-order valence-electron chi connectivity index (χ4n) is 6.16. The lowest BCUT2D eigenvalue weighted by Gasteiger charge is -2.15. The molecule has 0 spiro atoms. The molecule has 1 heterocycles. The van der Waals surface area contributed by atoms with E-state index in [0.29, 0.717) is 0 Å². The maximum absolute atomic E-state index is 4.75. The van der Waals surface area contributed by atoms with Crippen molar-refractivity contribution in [3.63, 3.8) is 0 Å². The van der Waals surface area contributed by atoms with Gasteiger partial charge >= 0.3 is 0 Å². The van der Waals surface area contributed by atoms with E-state index in [4.69, 9.17) is 15.0 Å². The van der Waals surface area contributed by atoms with Gasteiger partial charge in [0, 0.05) is 12.6 Å². The third kappa shape index (κ3) is 7.37. The lowest BCUT2D eigenvalue weighted by Crippen LogP contribution is -2.51. The normalized spacial score (nSPS) is 12.7. The minimum Gasteiger partial charge on any atom is -0.255 e. The van der Waals surface area contributed by atoms with Crippen molar-refractivity contribution in [3.05, 3.63) is 182 Å². The van der Waals surface area contributed by atoms with Crippen molar-refractivity contribution < 1.29 is 0 Å². The Morgan fingerprint density at radius 3 is 1.13 bits per heavy atom. The first kappa shape index (κ1) is 29.9. The van der Waals surface area contributed by atoms with Gasteiger partial charge in [-0.3, -0.25) is 15.0 Å². The van der Waals surface area contributed by atoms with Crippen LogP contribution in [0.1, 0.15) is 6.42 Å². The largest absolute Gasteiger partial charge is 0.255 e. The van der Waals surface area contributed by atoms with E-state index in [-0.39, 0.29) is 13.4 Å². The molecule has 5 heteroatoms. The summed E-state index contributed by atoms with van der Waals surface area (Å²) in [5, 5.41) is 0. The molecular formula is C42H33B2N3. The molecule has 0 amide bonds. The number of rotatable bonds is 10. The zero-order valence-electron chi connectivity index (χ0n) is 26.1. The Kier molecular flexibility index (Phi) is 9.24. The zero-order chi connectivity index (χ0) is 31.7. The van der Waals surface area contributed by atoms with Gasteiger partial charge in [-0.15, -0.1) is 0 Å². The Balaban J connectivity index is 1.01. The SMILES string of the molecule is C(=Nc1ccc(B(c2ccccc2)c2ccccc2)cc1)C1=CCC(C=Nc2ccc(B(c3ccccc3)c3ccccc3)cc2)=N1. The second kappa shape index (κ2) is 14.5. The molecule has 0 aromatic heterocycles. The van der Waals surface area contributed by atoms with Gasteiger partial charge in [-0.2, -0.15) is 0 Å². The Morgan fingerprint density at radius 1 is 0.404 bits per heavy atom. The average Bonchev–Trinajstić information content (AvgIpc) is 3.61. The van der Waals surface area contributed by atoms with E-state index in [0.717, 1.165) is 29.2 Å². The molecule has 0 N–H and O–H groups in total. The van der Waals surface area contributed by atoms with Crippen molar-refractivity contribution >= 4 is 75.7 Å². The van der Waals surface area contributed by atoms with Gasteiger partial charge in [0.05, 0.1) is 29.0 Å². The molecule has 0 unspecified atom stereocenters. The molecular weight excluding hydrogens is 568 g/mol. The molecule has 6 aromatic carbocycles. The smallest absolute Gasteiger partial charge is 0.241 e. The first-order valence-corrected chi connectivity index (χ1v) is 16.1. The van der Waals surface area contributed by atoms with Crippen LogP contribution in [0, 0.1) is 0 Å². The van der Waals surface area contributed by atoms with Gasteiger partial charge in [-0.1, -0.05) is 184 Å². The number of nitrogens with zero attached hydrogens (tertiary/aromatic N) is 3. The van der Waals surface area contributed by atoms with Crippen molar-refractivity contribution in [2.45, 2.75) is 6.42 Å². The molecule has 0 fully saturated rings. The predicted molar refractivity (Wildman–Crippen MR) is 204 cm³/mol. The van der Waals surface area contributed by atoms with E-state index < -0.39 is 0 Å².